The monoisotopic (exact) mass is 452 g/mol. The number of carboxylic acids is 1. The number of hydrogen-bond acceptors (Lipinski definition) is 5. The molecule has 3 atom stereocenters. The van der Waals surface area contributed by atoms with E-state index in [1.165, 1.54) is 11.1 Å². The van der Waals surface area contributed by atoms with Crippen LogP contribution in [0.4, 0.5) is 4.79 Å². The Balaban J connectivity index is 1.26. The van der Waals surface area contributed by atoms with Crippen molar-refractivity contribution in [2.75, 3.05) is 13.2 Å². The fourth-order valence-corrected chi connectivity index (χ4v) is 4.90. The number of benzene rings is 2. The maximum Gasteiger partial charge on any atom is 0.407 e. The van der Waals surface area contributed by atoms with Crippen molar-refractivity contribution in [1.29, 1.82) is 0 Å². The van der Waals surface area contributed by atoms with Crippen LogP contribution in [0.25, 0.3) is 11.1 Å². The highest BCUT2D eigenvalue weighted by Gasteiger charge is 2.31. The van der Waals surface area contributed by atoms with E-state index in [1.54, 1.807) is 0 Å². The summed E-state index contributed by atoms with van der Waals surface area (Å²) in [5.41, 5.74) is 4.65. The Morgan fingerprint density at radius 2 is 1.64 bits per heavy atom. The Kier molecular flexibility index (Phi) is 6.93. The van der Waals surface area contributed by atoms with E-state index < -0.39 is 30.6 Å². The van der Waals surface area contributed by atoms with Crippen LogP contribution < -0.4 is 10.6 Å². The highest BCUT2D eigenvalue weighted by atomic mass is 16.5. The van der Waals surface area contributed by atoms with Gasteiger partial charge in [0.25, 0.3) is 0 Å². The lowest BCUT2D eigenvalue weighted by atomic mass is 9.98. The maximum atomic E-state index is 12.5. The van der Waals surface area contributed by atoms with E-state index in [0.29, 0.717) is 6.42 Å². The summed E-state index contributed by atoms with van der Waals surface area (Å²) in [4.78, 5) is 35.5. The zero-order chi connectivity index (χ0) is 23.4. The van der Waals surface area contributed by atoms with Crippen LogP contribution in [0.2, 0.25) is 0 Å². The number of carboxylic acid groups (broad SMARTS) is 1. The van der Waals surface area contributed by atoms with Crippen molar-refractivity contribution < 1.29 is 29.3 Å². The number of amides is 2. The second kappa shape index (κ2) is 10.0. The molecule has 33 heavy (non-hydrogen) atoms. The normalized spacial score (nSPS) is 19.9. The van der Waals surface area contributed by atoms with Gasteiger partial charge >= 0.3 is 12.1 Å². The summed E-state index contributed by atoms with van der Waals surface area (Å²) in [5, 5.41) is 23.2. The first-order valence-electron chi connectivity index (χ1n) is 11.2. The van der Waals surface area contributed by atoms with Crippen molar-refractivity contribution in [3.05, 3.63) is 59.7 Å². The number of aliphatic hydroxyl groups excluding tert-OH is 1. The van der Waals surface area contributed by atoms with Gasteiger partial charge in [0.2, 0.25) is 5.91 Å². The second-order valence-electron chi connectivity index (χ2n) is 8.69. The number of ether oxygens (including phenoxy) is 1. The van der Waals surface area contributed by atoms with E-state index in [0.717, 1.165) is 24.0 Å². The molecule has 2 aliphatic carbocycles. The van der Waals surface area contributed by atoms with Crippen molar-refractivity contribution in [2.45, 2.75) is 43.7 Å². The number of carbonyl (C=O) groups is 3. The quantitative estimate of drug-likeness (QED) is 0.488. The number of aliphatic carboxylic acids is 1. The molecule has 1 saturated carbocycles. The minimum atomic E-state index is -1.30. The summed E-state index contributed by atoms with van der Waals surface area (Å²) in [7, 11) is 0. The molecule has 0 aliphatic heterocycles. The number of nitrogens with one attached hydrogen (secondary N) is 2. The van der Waals surface area contributed by atoms with Gasteiger partial charge in [-0.05, 0) is 47.4 Å². The average Bonchev–Trinajstić information content (AvgIpc) is 3.37. The molecule has 4 N–H and O–H groups in total. The van der Waals surface area contributed by atoms with Gasteiger partial charge < -0.3 is 25.6 Å². The van der Waals surface area contributed by atoms with E-state index in [4.69, 9.17) is 14.9 Å². The summed E-state index contributed by atoms with van der Waals surface area (Å²) < 4.78 is 5.59. The van der Waals surface area contributed by atoms with Gasteiger partial charge in [0.1, 0.15) is 12.6 Å². The van der Waals surface area contributed by atoms with E-state index >= 15 is 0 Å². The average molecular weight is 453 g/mol. The zero-order valence-electron chi connectivity index (χ0n) is 18.2. The minimum Gasteiger partial charge on any atom is -0.480 e. The molecule has 8 heteroatoms. The van der Waals surface area contributed by atoms with Crippen LogP contribution >= 0.6 is 0 Å². The Morgan fingerprint density at radius 1 is 1.00 bits per heavy atom. The molecule has 2 aromatic carbocycles. The SMILES string of the molecule is O=C(CC1CCC(NC(=O)OCC2c3ccccc3-c3ccccc32)C1)N[C@@H](CO)C(=O)O. The Hall–Kier alpha value is -3.39. The predicted octanol–water partition coefficient (Wildman–Crippen LogP) is 2.65. The van der Waals surface area contributed by atoms with Crippen LogP contribution in [0.3, 0.4) is 0 Å². The van der Waals surface area contributed by atoms with Gasteiger partial charge in [-0.1, -0.05) is 48.5 Å². The van der Waals surface area contributed by atoms with Crippen LogP contribution in [0.1, 0.15) is 42.7 Å². The third-order valence-electron chi connectivity index (χ3n) is 6.50. The summed E-state index contributed by atoms with van der Waals surface area (Å²) in [6.45, 7) is -0.409. The van der Waals surface area contributed by atoms with Crippen LogP contribution in [0.5, 0.6) is 0 Å². The van der Waals surface area contributed by atoms with Gasteiger partial charge in [-0.2, -0.15) is 0 Å². The summed E-state index contributed by atoms with van der Waals surface area (Å²) in [6, 6.07) is 14.9. The standard InChI is InChI=1S/C25H28N2O6/c28-13-22(24(30)31)27-23(29)12-15-9-10-16(11-15)26-25(32)33-14-21-19-7-3-1-5-17(19)18-6-2-4-8-20(18)21/h1-8,15-16,21-22,28H,9-14H2,(H,26,32)(H,27,29)(H,30,31)/t15?,16?,22-/m0/s1. The molecule has 1 fully saturated rings. The minimum absolute atomic E-state index is 0.00289. The zero-order valence-corrected chi connectivity index (χ0v) is 18.2. The number of fused-ring (bicyclic) bond motifs is 3. The molecule has 0 spiro atoms. The molecule has 2 unspecified atom stereocenters. The van der Waals surface area contributed by atoms with Gasteiger partial charge in [-0.15, -0.1) is 0 Å². The van der Waals surface area contributed by atoms with Crippen molar-refractivity contribution in [3.63, 3.8) is 0 Å². The van der Waals surface area contributed by atoms with Gasteiger partial charge in [0, 0.05) is 18.4 Å². The van der Waals surface area contributed by atoms with Crippen LogP contribution in [0.15, 0.2) is 48.5 Å². The number of rotatable bonds is 8. The summed E-state index contributed by atoms with van der Waals surface area (Å²) in [6.07, 6.45) is 1.78. The molecular formula is C25H28N2O6. The van der Waals surface area contributed by atoms with Gasteiger partial charge in [-0.25, -0.2) is 9.59 Å². The van der Waals surface area contributed by atoms with Crippen LogP contribution in [-0.4, -0.2) is 53.5 Å². The molecule has 0 aromatic heterocycles. The Bertz CT molecular complexity index is 994. The summed E-state index contributed by atoms with van der Waals surface area (Å²) >= 11 is 0. The molecule has 4 rings (SSSR count). The van der Waals surface area contributed by atoms with Gasteiger partial charge in [0.15, 0.2) is 0 Å². The molecule has 0 saturated heterocycles. The topological polar surface area (TPSA) is 125 Å². The smallest absolute Gasteiger partial charge is 0.407 e. The second-order valence-corrected chi connectivity index (χ2v) is 8.69. The number of alkyl carbamates (subject to hydrolysis) is 1. The highest BCUT2D eigenvalue weighted by Crippen LogP contribution is 2.44. The lowest BCUT2D eigenvalue weighted by Crippen LogP contribution is -2.43. The first kappa shape index (κ1) is 22.8. The molecular weight excluding hydrogens is 424 g/mol. The van der Waals surface area contributed by atoms with Gasteiger partial charge in [0.05, 0.1) is 6.61 Å². The van der Waals surface area contributed by atoms with Crippen molar-refractivity contribution >= 4 is 18.0 Å². The third kappa shape index (κ3) is 5.17. The van der Waals surface area contributed by atoms with E-state index in [9.17, 15) is 14.4 Å². The Morgan fingerprint density at radius 3 is 2.24 bits per heavy atom. The van der Waals surface area contributed by atoms with Crippen LogP contribution in [-0.2, 0) is 14.3 Å². The number of hydrogen-bond donors (Lipinski definition) is 4. The fourth-order valence-electron chi connectivity index (χ4n) is 4.90. The molecule has 174 valence electrons. The van der Waals surface area contributed by atoms with E-state index in [2.05, 4.69) is 34.9 Å². The van der Waals surface area contributed by atoms with Crippen molar-refractivity contribution in [2.24, 2.45) is 5.92 Å². The first-order chi connectivity index (χ1) is 16.0. The van der Waals surface area contributed by atoms with E-state index in [1.807, 2.05) is 24.3 Å². The third-order valence-corrected chi connectivity index (χ3v) is 6.50. The highest BCUT2D eigenvalue weighted by molar-refractivity contribution is 5.83. The fraction of sp³-hybridized carbons (Fsp3) is 0.400. The molecule has 8 nitrogen and oxygen atoms in total. The van der Waals surface area contributed by atoms with Gasteiger partial charge in [-0.3, -0.25) is 4.79 Å². The molecule has 0 heterocycles. The number of aliphatic hydroxyl groups is 1. The largest absolute Gasteiger partial charge is 0.480 e. The maximum absolute atomic E-state index is 12.5. The Labute approximate surface area is 192 Å². The lowest BCUT2D eigenvalue weighted by molar-refractivity contribution is -0.143. The molecule has 2 aromatic rings. The van der Waals surface area contributed by atoms with Crippen LogP contribution in [0, 0.1) is 5.92 Å². The molecule has 0 bridgehead atoms. The molecule has 2 aliphatic rings. The van der Waals surface area contributed by atoms with Crippen molar-refractivity contribution in [1.82, 2.24) is 10.6 Å². The first-order valence-corrected chi connectivity index (χ1v) is 11.2. The predicted molar refractivity (Wildman–Crippen MR) is 121 cm³/mol. The lowest BCUT2D eigenvalue weighted by Gasteiger charge is -2.17. The van der Waals surface area contributed by atoms with E-state index in [-0.39, 0.29) is 30.9 Å². The van der Waals surface area contributed by atoms with Crippen molar-refractivity contribution in [3.8, 4) is 11.1 Å². The molecule has 0 radical (unpaired) electrons. The number of carbonyl (C=O) groups excluding carboxylic acids is 2. The molecule has 2 amide bonds. The summed E-state index contributed by atoms with van der Waals surface area (Å²) in [5.74, 6) is -1.65.